The molecule has 1 heterocycles. The molecular formula is C20H28N2O3S2. The first kappa shape index (κ1) is 20.1. The molecule has 0 N–H and O–H groups in total. The molecule has 3 atom stereocenters. The summed E-state index contributed by atoms with van der Waals surface area (Å²) in [4.78, 5) is 5.86. The summed E-state index contributed by atoms with van der Waals surface area (Å²) in [5.41, 5.74) is 1.96. The highest BCUT2D eigenvalue weighted by Crippen LogP contribution is 2.33. The second kappa shape index (κ2) is 9.06. The zero-order valence-corrected chi connectivity index (χ0v) is 18.1. The lowest BCUT2D eigenvalue weighted by molar-refractivity contribution is 0.347. The molecule has 1 aromatic heterocycles. The summed E-state index contributed by atoms with van der Waals surface area (Å²) in [6.45, 7) is 4.14. The van der Waals surface area contributed by atoms with Gasteiger partial charge in [0.05, 0.1) is 14.2 Å². The van der Waals surface area contributed by atoms with Crippen molar-refractivity contribution in [1.82, 2.24) is 4.57 Å². The molecule has 0 spiro atoms. The number of ether oxygens (including phenoxy) is 2. The maximum absolute atomic E-state index is 12.3. The molecule has 2 aromatic rings. The Morgan fingerprint density at radius 2 is 2.11 bits per heavy atom. The first-order valence-electron chi connectivity index (χ1n) is 9.38. The average Bonchev–Trinajstić information content (AvgIpc) is 3.07. The summed E-state index contributed by atoms with van der Waals surface area (Å²) in [6.07, 6.45) is 4.25. The Balaban J connectivity index is 2.00. The van der Waals surface area contributed by atoms with Crippen molar-refractivity contribution in [3.8, 4) is 11.5 Å². The number of thiazole rings is 1. The van der Waals surface area contributed by atoms with Gasteiger partial charge in [0.25, 0.3) is 0 Å². The Labute approximate surface area is 167 Å². The second-order valence-electron chi connectivity index (χ2n) is 6.79. The van der Waals surface area contributed by atoms with Crippen molar-refractivity contribution in [2.75, 3.05) is 20.0 Å². The van der Waals surface area contributed by atoms with Gasteiger partial charge in [-0.25, -0.2) is 4.99 Å². The summed E-state index contributed by atoms with van der Waals surface area (Å²) in [5.74, 6) is 2.22. The van der Waals surface area contributed by atoms with Crippen LogP contribution in [0.5, 0.6) is 11.5 Å². The number of nitrogens with zero attached hydrogens (tertiary/aromatic N) is 2. The van der Waals surface area contributed by atoms with Crippen LogP contribution in [0.1, 0.15) is 44.3 Å². The molecule has 1 saturated carbocycles. The summed E-state index contributed by atoms with van der Waals surface area (Å²) in [6, 6.07) is 6.00. The van der Waals surface area contributed by atoms with Gasteiger partial charge in [0.2, 0.25) is 0 Å². The first-order chi connectivity index (χ1) is 13.1. The molecule has 1 aromatic carbocycles. The fraction of sp³-hybridized carbons (Fsp3) is 0.550. The first-order valence-corrected chi connectivity index (χ1v) is 11.6. The summed E-state index contributed by atoms with van der Waals surface area (Å²) in [5, 5.41) is 2.44. The van der Waals surface area contributed by atoms with Gasteiger partial charge < -0.3 is 14.0 Å². The number of hydrogen-bond donors (Lipinski definition) is 0. The fourth-order valence-electron chi connectivity index (χ4n) is 3.74. The molecule has 148 valence electrons. The van der Waals surface area contributed by atoms with Gasteiger partial charge >= 0.3 is 0 Å². The fourth-order valence-corrected chi connectivity index (χ4v) is 6.03. The molecule has 7 heteroatoms. The standard InChI is InChI=1S/C20H28N2O3S2/c1-5-27(23)17-8-6-7-15(11-17)22-14(2)13-26-20(22)21-18-12-16(24-3)9-10-19(18)25-4/h9-10,12-13,15,17H,5-8,11H2,1-4H3. The largest absolute Gasteiger partial charge is 0.497 e. The van der Waals surface area contributed by atoms with Crippen molar-refractivity contribution in [3.63, 3.8) is 0 Å². The molecule has 0 bridgehead atoms. The summed E-state index contributed by atoms with van der Waals surface area (Å²) >= 11 is 1.64. The molecule has 5 nitrogen and oxygen atoms in total. The van der Waals surface area contributed by atoms with Crippen LogP contribution in [0.3, 0.4) is 0 Å². The minimum absolute atomic E-state index is 0.291. The van der Waals surface area contributed by atoms with Gasteiger partial charge in [-0.15, -0.1) is 11.3 Å². The molecule has 0 radical (unpaired) electrons. The zero-order chi connectivity index (χ0) is 19.4. The molecule has 1 aliphatic carbocycles. The van der Waals surface area contributed by atoms with Crippen LogP contribution in [0.4, 0.5) is 5.69 Å². The van der Waals surface area contributed by atoms with E-state index >= 15 is 0 Å². The zero-order valence-electron chi connectivity index (χ0n) is 16.4. The van der Waals surface area contributed by atoms with E-state index in [2.05, 4.69) is 16.9 Å². The van der Waals surface area contributed by atoms with E-state index in [1.165, 1.54) is 5.69 Å². The van der Waals surface area contributed by atoms with E-state index in [0.29, 0.717) is 11.3 Å². The molecule has 3 unspecified atom stereocenters. The smallest absolute Gasteiger partial charge is 0.190 e. The summed E-state index contributed by atoms with van der Waals surface area (Å²) in [7, 11) is 2.57. The van der Waals surface area contributed by atoms with Crippen molar-refractivity contribution >= 4 is 27.8 Å². The van der Waals surface area contributed by atoms with Crippen molar-refractivity contribution < 1.29 is 13.7 Å². The third-order valence-electron chi connectivity index (χ3n) is 5.14. The van der Waals surface area contributed by atoms with E-state index in [1.54, 1.807) is 25.6 Å². The lowest BCUT2D eigenvalue weighted by atomic mass is 9.94. The van der Waals surface area contributed by atoms with E-state index in [1.807, 2.05) is 25.1 Å². The van der Waals surface area contributed by atoms with Gasteiger partial charge in [-0.05, 0) is 38.3 Å². The van der Waals surface area contributed by atoms with Crippen molar-refractivity contribution in [1.29, 1.82) is 0 Å². The van der Waals surface area contributed by atoms with Gasteiger partial charge in [-0.1, -0.05) is 13.3 Å². The quantitative estimate of drug-likeness (QED) is 0.714. The number of aryl methyl sites for hydroxylation is 1. The Bertz CT molecular complexity index is 872. The lowest BCUT2D eigenvalue weighted by Gasteiger charge is -2.30. The van der Waals surface area contributed by atoms with Crippen LogP contribution in [0, 0.1) is 6.92 Å². The van der Waals surface area contributed by atoms with E-state index in [-0.39, 0.29) is 0 Å². The minimum Gasteiger partial charge on any atom is -0.497 e. The molecule has 1 aliphatic rings. The summed E-state index contributed by atoms with van der Waals surface area (Å²) < 4.78 is 25.5. The normalized spacial score (nSPS) is 21.9. The molecular weight excluding hydrogens is 380 g/mol. The second-order valence-corrected chi connectivity index (χ2v) is 9.63. The van der Waals surface area contributed by atoms with Gasteiger partial charge in [0, 0.05) is 45.0 Å². The van der Waals surface area contributed by atoms with Crippen LogP contribution in [0.2, 0.25) is 0 Å². The minimum atomic E-state index is -0.733. The van der Waals surface area contributed by atoms with Gasteiger partial charge in [0.15, 0.2) is 4.80 Å². The molecule has 27 heavy (non-hydrogen) atoms. The van der Waals surface area contributed by atoms with Crippen LogP contribution < -0.4 is 14.3 Å². The monoisotopic (exact) mass is 408 g/mol. The Hall–Kier alpha value is -1.60. The number of aromatic nitrogens is 1. The van der Waals surface area contributed by atoms with E-state index in [4.69, 9.17) is 14.5 Å². The van der Waals surface area contributed by atoms with E-state index in [0.717, 1.165) is 53.4 Å². The third-order valence-corrected chi connectivity index (χ3v) is 7.84. The molecule has 0 saturated heterocycles. The predicted octanol–water partition coefficient (Wildman–Crippen LogP) is 4.36. The number of hydrogen-bond acceptors (Lipinski definition) is 5. The van der Waals surface area contributed by atoms with E-state index in [9.17, 15) is 4.21 Å². The lowest BCUT2D eigenvalue weighted by Crippen LogP contribution is -2.31. The third kappa shape index (κ3) is 4.46. The van der Waals surface area contributed by atoms with Crippen molar-refractivity contribution in [3.05, 3.63) is 34.1 Å². The number of benzene rings is 1. The average molecular weight is 409 g/mol. The van der Waals surface area contributed by atoms with Crippen LogP contribution in [-0.2, 0) is 10.8 Å². The van der Waals surface area contributed by atoms with Gasteiger partial charge in [-0.3, -0.25) is 4.21 Å². The highest BCUT2D eigenvalue weighted by Gasteiger charge is 2.27. The van der Waals surface area contributed by atoms with Crippen molar-refractivity contribution in [2.45, 2.75) is 50.8 Å². The maximum atomic E-state index is 12.3. The van der Waals surface area contributed by atoms with Crippen LogP contribution in [-0.4, -0.2) is 34.0 Å². The van der Waals surface area contributed by atoms with Crippen LogP contribution in [0.25, 0.3) is 0 Å². The predicted molar refractivity (Wildman–Crippen MR) is 112 cm³/mol. The Morgan fingerprint density at radius 1 is 1.30 bits per heavy atom. The van der Waals surface area contributed by atoms with Crippen molar-refractivity contribution in [2.24, 2.45) is 4.99 Å². The van der Waals surface area contributed by atoms with Crippen LogP contribution in [0.15, 0.2) is 28.6 Å². The molecule has 3 rings (SSSR count). The van der Waals surface area contributed by atoms with Gasteiger partial charge in [-0.2, -0.15) is 0 Å². The molecule has 0 amide bonds. The molecule has 1 fully saturated rings. The topological polar surface area (TPSA) is 52.8 Å². The van der Waals surface area contributed by atoms with Crippen LogP contribution >= 0.6 is 11.3 Å². The Kier molecular flexibility index (Phi) is 6.76. The molecule has 0 aliphatic heterocycles. The van der Waals surface area contributed by atoms with E-state index < -0.39 is 10.8 Å². The Morgan fingerprint density at radius 3 is 2.81 bits per heavy atom. The number of methoxy groups -OCH3 is 2. The van der Waals surface area contributed by atoms with Gasteiger partial charge in [0.1, 0.15) is 17.2 Å². The highest BCUT2D eigenvalue weighted by molar-refractivity contribution is 7.85. The highest BCUT2D eigenvalue weighted by atomic mass is 32.2. The SMILES string of the molecule is CCS(=O)C1CCCC(n2c(C)csc2=Nc2cc(OC)ccc2OC)C1. The number of rotatable bonds is 6. The maximum Gasteiger partial charge on any atom is 0.190 e.